The van der Waals surface area contributed by atoms with Gasteiger partial charge in [0.05, 0.1) is 32.3 Å². The maximum absolute atomic E-state index is 6.22. The van der Waals surface area contributed by atoms with Crippen LogP contribution in [0.3, 0.4) is 0 Å². The third-order valence-electron chi connectivity index (χ3n) is 4.25. The van der Waals surface area contributed by atoms with Crippen molar-refractivity contribution in [3.8, 4) is 0 Å². The second-order valence-corrected chi connectivity index (χ2v) is 6.07. The standard InChI is InChI=1S/C17H30O4/c1-3-5-7-8-15-10-20-17(21-11-15,9-6-4-2)16-12-18-14-19-13-16/h7-8,15-16H,3-6,9-14H2,1-2H3. The molecular formula is C17H30O4. The van der Waals surface area contributed by atoms with Gasteiger partial charge in [-0.3, -0.25) is 0 Å². The van der Waals surface area contributed by atoms with E-state index < -0.39 is 5.79 Å². The van der Waals surface area contributed by atoms with Crippen molar-refractivity contribution in [2.75, 3.05) is 33.2 Å². The molecule has 0 aromatic heterocycles. The zero-order valence-electron chi connectivity index (χ0n) is 13.5. The van der Waals surface area contributed by atoms with Crippen molar-refractivity contribution in [3.05, 3.63) is 12.2 Å². The molecule has 2 rings (SSSR count). The summed E-state index contributed by atoms with van der Waals surface area (Å²) in [5, 5.41) is 0. The summed E-state index contributed by atoms with van der Waals surface area (Å²) in [6, 6.07) is 0. The first-order valence-electron chi connectivity index (χ1n) is 8.40. The van der Waals surface area contributed by atoms with Crippen LogP contribution in [0.2, 0.25) is 0 Å². The molecule has 2 fully saturated rings. The highest BCUT2D eigenvalue weighted by Crippen LogP contribution is 2.36. The zero-order chi connectivity index (χ0) is 15.0. The molecule has 4 nitrogen and oxygen atoms in total. The minimum Gasteiger partial charge on any atom is -0.355 e. The Hall–Kier alpha value is -0.420. The fourth-order valence-corrected chi connectivity index (χ4v) is 2.90. The van der Waals surface area contributed by atoms with Crippen LogP contribution < -0.4 is 0 Å². The van der Waals surface area contributed by atoms with Gasteiger partial charge in [-0.05, 0) is 12.8 Å². The van der Waals surface area contributed by atoms with Crippen LogP contribution in [0, 0.1) is 11.8 Å². The summed E-state index contributed by atoms with van der Waals surface area (Å²) in [7, 11) is 0. The van der Waals surface area contributed by atoms with Crippen LogP contribution in [0.1, 0.15) is 46.0 Å². The summed E-state index contributed by atoms with van der Waals surface area (Å²) in [5.74, 6) is 0.0426. The maximum Gasteiger partial charge on any atom is 0.175 e. The average Bonchev–Trinajstić information content (AvgIpc) is 2.55. The van der Waals surface area contributed by atoms with E-state index in [0.29, 0.717) is 25.9 Å². The Bertz CT molecular complexity index is 302. The molecule has 0 N–H and O–H groups in total. The topological polar surface area (TPSA) is 36.9 Å². The van der Waals surface area contributed by atoms with Crippen molar-refractivity contribution >= 4 is 0 Å². The van der Waals surface area contributed by atoms with E-state index in [0.717, 1.165) is 38.9 Å². The van der Waals surface area contributed by atoms with E-state index in [1.807, 2.05) is 0 Å². The lowest BCUT2D eigenvalue weighted by Crippen LogP contribution is -2.53. The van der Waals surface area contributed by atoms with Crippen LogP contribution in [0.25, 0.3) is 0 Å². The van der Waals surface area contributed by atoms with Gasteiger partial charge in [0.1, 0.15) is 6.79 Å². The number of allylic oxidation sites excluding steroid dienone is 1. The lowest BCUT2D eigenvalue weighted by atomic mass is 9.92. The van der Waals surface area contributed by atoms with Gasteiger partial charge in [0.15, 0.2) is 5.79 Å². The number of hydrogen-bond donors (Lipinski definition) is 0. The van der Waals surface area contributed by atoms with Crippen LogP contribution in [-0.2, 0) is 18.9 Å². The van der Waals surface area contributed by atoms with Crippen molar-refractivity contribution < 1.29 is 18.9 Å². The molecule has 0 atom stereocenters. The van der Waals surface area contributed by atoms with Gasteiger partial charge in [-0.25, -0.2) is 0 Å². The molecular weight excluding hydrogens is 268 g/mol. The molecule has 0 radical (unpaired) electrons. The van der Waals surface area contributed by atoms with Gasteiger partial charge in [-0.2, -0.15) is 0 Å². The first-order chi connectivity index (χ1) is 10.3. The van der Waals surface area contributed by atoms with Crippen LogP contribution in [0.4, 0.5) is 0 Å². The zero-order valence-corrected chi connectivity index (χ0v) is 13.5. The molecule has 21 heavy (non-hydrogen) atoms. The van der Waals surface area contributed by atoms with Crippen molar-refractivity contribution in [3.63, 3.8) is 0 Å². The molecule has 2 saturated heterocycles. The van der Waals surface area contributed by atoms with Gasteiger partial charge >= 0.3 is 0 Å². The number of hydrogen-bond acceptors (Lipinski definition) is 4. The van der Waals surface area contributed by atoms with Gasteiger partial charge in [-0.1, -0.05) is 38.8 Å². The third-order valence-corrected chi connectivity index (χ3v) is 4.25. The van der Waals surface area contributed by atoms with Gasteiger partial charge < -0.3 is 18.9 Å². The van der Waals surface area contributed by atoms with E-state index in [4.69, 9.17) is 18.9 Å². The molecule has 2 aliphatic heterocycles. The summed E-state index contributed by atoms with van der Waals surface area (Å²) < 4.78 is 23.3. The Morgan fingerprint density at radius 1 is 1.00 bits per heavy atom. The van der Waals surface area contributed by atoms with Crippen molar-refractivity contribution in [1.82, 2.24) is 0 Å². The Kier molecular flexibility index (Phi) is 7.17. The summed E-state index contributed by atoms with van der Waals surface area (Å²) in [5.41, 5.74) is 0. The van der Waals surface area contributed by atoms with E-state index in [9.17, 15) is 0 Å². The van der Waals surface area contributed by atoms with E-state index in [1.54, 1.807) is 0 Å². The molecule has 0 aromatic carbocycles. The second-order valence-electron chi connectivity index (χ2n) is 6.07. The van der Waals surface area contributed by atoms with Crippen LogP contribution >= 0.6 is 0 Å². The number of ether oxygens (including phenoxy) is 4. The molecule has 0 amide bonds. The van der Waals surface area contributed by atoms with E-state index in [2.05, 4.69) is 26.0 Å². The molecule has 0 spiro atoms. The number of rotatable bonds is 7. The molecule has 2 aliphatic rings. The van der Waals surface area contributed by atoms with Crippen LogP contribution in [-0.4, -0.2) is 39.0 Å². The Morgan fingerprint density at radius 2 is 1.71 bits per heavy atom. The fraction of sp³-hybridized carbons (Fsp3) is 0.882. The normalized spacial score (nSPS) is 31.8. The van der Waals surface area contributed by atoms with E-state index in [1.165, 1.54) is 6.42 Å². The monoisotopic (exact) mass is 298 g/mol. The Balaban J connectivity index is 1.92. The quantitative estimate of drug-likeness (QED) is 0.674. The predicted molar refractivity (Wildman–Crippen MR) is 82.0 cm³/mol. The highest BCUT2D eigenvalue weighted by molar-refractivity contribution is 4.92. The maximum atomic E-state index is 6.22. The molecule has 2 heterocycles. The van der Waals surface area contributed by atoms with Crippen molar-refractivity contribution in [1.29, 1.82) is 0 Å². The molecule has 0 aliphatic carbocycles. The summed E-state index contributed by atoms with van der Waals surface area (Å²) in [6.45, 7) is 7.58. The van der Waals surface area contributed by atoms with Gasteiger partial charge in [0.2, 0.25) is 0 Å². The minimum atomic E-state index is -0.508. The average molecular weight is 298 g/mol. The van der Waals surface area contributed by atoms with Gasteiger partial charge in [0, 0.05) is 12.3 Å². The van der Waals surface area contributed by atoms with Crippen LogP contribution in [0.5, 0.6) is 0 Å². The SMILES string of the molecule is CCCC=CC1COC(CCCC)(C2COCOC2)OC1. The predicted octanol–water partition coefficient (Wildman–Crippen LogP) is 3.51. The second kappa shape index (κ2) is 8.89. The molecule has 4 heteroatoms. The molecule has 0 bridgehead atoms. The summed E-state index contributed by atoms with van der Waals surface area (Å²) in [4.78, 5) is 0. The first-order valence-corrected chi connectivity index (χ1v) is 8.40. The molecule has 0 saturated carbocycles. The lowest BCUT2D eigenvalue weighted by Gasteiger charge is -2.45. The van der Waals surface area contributed by atoms with E-state index >= 15 is 0 Å². The third kappa shape index (κ3) is 4.78. The minimum absolute atomic E-state index is 0.179. The van der Waals surface area contributed by atoms with Crippen molar-refractivity contribution in [2.45, 2.75) is 51.7 Å². The summed E-state index contributed by atoms with van der Waals surface area (Å²) >= 11 is 0. The highest BCUT2D eigenvalue weighted by atomic mass is 16.7. The smallest absolute Gasteiger partial charge is 0.175 e. The highest BCUT2D eigenvalue weighted by Gasteiger charge is 2.45. The first kappa shape index (κ1) is 16.9. The van der Waals surface area contributed by atoms with Gasteiger partial charge in [0.25, 0.3) is 0 Å². The van der Waals surface area contributed by atoms with Gasteiger partial charge in [-0.15, -0.1) is 0 Å². The Morgan fingerprint density at radius 3 is 2.33 bits per heavy atom. The Labute approximate surface area is 128 Å². The summed E-state index contributed by atoms with van der Waals surface area (Å²) in [6.07, 6.45) is 9.95. The molecule has 0 unspecified atom stereocenters. The fourth-order valence-electron chi connectivity index (χ4n) is 2.90. The largest absolute Gasteiger partial charge is 0.355 e. The van der Waals surface area contributed by atoms with Crippen molar-refractivity contribution in [2.24, 2.45) is 11.8 Å². The molecule has 122 valence electrons. The number of unbranched alkanes of at least 4 members (excludes halogenated alkanes) is 2. The lowest BCUT2D eigenvalue weighted by molar-refractivity contribution is -0.331. The molecule has 0 aromatic rings. The van der Waals surface area contributed by atoms with Crippen LogP contribution in [0.15, 0.2) is 12.2 Å². The van der Waals surface area contributed by atoms with E-state index in [-0.39, 0.29) is 5.92 Å².